The van der Waals surface area contributed by atoms with Gasteiger partial charge in [-0.05, 0) is 30.3 Å². The Bertz CT molecular complexity index is 962. The third-order valence-corrected chi connectivity index (χ3v) is 6.51. The molecule has 1 amide bonds. The molecular formula is C19H21N3O3S. The lowest BCUT2D eigenvalue weighted by Gasteiger charge is -2.18. The summed E-state index contributed by atoms with van der Waals surface area (Å²) < 4.78 is 26.5. The van der Waals surface area contributed by atoms with E-state index >= 15 is 0 Å². The summed E-state index contributed by atoms with van der Waals surface area (Å²) in [4.78, 5) is 18.7. The second kappa shape index (κ2) is 7.01. The van der Waals surface area contributed by atoms with Crippen molar-refractivity contribution >= 4 is 33.0 Å². The van der Waals surface area contributed by atoms with Gasteiger partial charge in [0, 0.05) is 25.7 Å². The van der Waals surface area contributed by atoms with Gasteiger partial charge in [-0.2, -0.15) is 4.31 Å². The first kappa shape index (κ1) is 18.3. The van der Waals surface area contributed by atoms with Crippen LogP contribution in [-0.2, 0) is 14.8 Å². The molecule has 136 valence electrons. The van der Waals surface area contributed by atoms with E-state index in [4.69, 9.17) is 0 Å². The van der Waals surface area contributed by atoms with E-state index in [-0.39, 0.29) is 10.8 Å². The summed E-state index contributed by atoms with van der Waals surface area (Å²) in [6, 6.07) is 13.8. The summed E-state index contributed by atoms with van der Waals surface area (Å²) >= 11 is 0. The summed E-state index contributed by atoms with van der Waals surface area (Å²) in [5, 5.41) is 0. The van der Waals surface area contributed by atoms with E-state index in [2.05, 4.69) is 4.99 Å². The number of carbonyl (C=O) groups excluding carboxylic acids is 1. The van der Waals surface area contributed by atoms with Crippen LogP contribution in [0.2, 0.25) is 0 Å². The van der Waals surface area contributed by atoms with Crippen molar-refractivity contribution < 1.29 is 13.2 Å². The number of sulfonamides is 1. The van der Waals surface area contributed by atoms with Crippen LogP contribution in [0.1, 0.15) is 19.4 Å². The summed E-state index contributed by atoms with van der Waals surface area (Å²) in [5.74, 6) is -0.175. The van der Waals surface area contributed by atoms with Crippen LogP contribution in [0.3, 0.4) is 0 Å². The maximum atomic E-state index is 12.5. The zero-order chi connectivity index (χ0) is 18.9. The summed E-state index contributed by atoms with van der Waals surface area (Å²) in [6.07, 6.45) is 0. The fourth-order valence-corrected chi connectivity index (χ4v) is 4.45. The topological polar surface area (TPSA) is 70.0 Å². The Morgan fingerprint density at radius 3 is 2.23 bits per heavy atom. The van der Waals surface area contributed by atoms with Crippen molar-refractivity contribution in [2.45, 2.75) is 18.7 Å². The van der Waals surface area contributed by atoms with Gasteiger partial charge in [0.1, 0.15) is 5.71 Å². The molecule has 0 radical (unpaired) electrons. The number of hydrogen-bond donors (Lipinski definition) is 0. The quantitative estimate of drug-likeness (QED) is 0.811. The Hall–Kier alpha value is -2.51. The van der Waals surface area contributed by atoms with Crippen molar-refractivity contribution in [3.05, 3.63) is 54.1 Å². The first-order valence-electron chi connectivity index (χ1n) is 8.46. The number of fused-ring (bicyclic) bond motifs is 1. The molecule has 26 heavy (non-hydrogen) atoms. The molecule has 0 aliphatic carbocycles. The van der Waals surface area contributed by atoms with Gasteiger partial charge in [0.2, 0.25) is 10.0 Å². The molecule has 0 bridgehead atoms. The van der Waals surface area contributed by atoms with Crippen LogP contribution < -0.4 is 4.90 Å². The molecule has 0 atom stereocenters. The lowest BCUT2D eigenvalue weighted by molar-refractivity contribution is -0.111. The van der Waals surface area contributed by atoms with E-state index in [1.165, 1.54) is 16.4 Å². The highest BCUT2D eigenvalue weighted by atomic mass is 32.2. The van der Waals surface area contributed by atoms with Crippen LogP contribution >= 0.6 is 0 Å². The van der Waals surface area contributed by atoms with Gasteiger partial charge in [0.15, 0.2) is 0 Å². The van der Waals surface area contributed by atoms with E-state index in [0.717, 1.165) is 11.3 Å². The van der Waals surface area contributed by atoms with Gasteiger partial charge in [0.25, 0.3) is 5.91 Å². The number of carbonyl (C=O) groups is 1. The number of hydrogen-bond acceptors (Lipinski definition) is 4. The highest BCUT2D eigenvalue weighted by Crippen LogP contribution is 2.29. The first-order chi connectivity index (χ1) is 12.4. The largest absolute Gasteiger partial charge is 0.309 e. The number of anilines is 1. The summed E-state index contributed by atoms with van der Waals surface area (Å²) in [6.45, 7) is 4.45. The fourth-order valence-electron chi connectivity index (χ4n) is 2.99. The molecule has 0 aromatic heterocycles. The molecule has 0 N–H and O–H groups in total. The molecule has 2 aromatic rings. The maximum Gasteiger partial charge on any atom is 0.277 e. The van der Waals surface area contributed by atoms with Gasteiger partial charge in [-0.25, -0.2) is 13.4 Å². The van der Waals surface area contributed by atoms with E-state index in [0.29, 0.717) is 24.5 Å². The summed E-state index contributed by atoms with van der Waals surface area (Å²) in [7, 11) is -1.79. The number of amides is 1. The molecule has 0 unspecified atom stereocenters. The first-order valence-corrected chi connectivity index (χ1v) is 9.90. The zero-order valence-electron chi connectivity index (χ0n) is 15.0. The number of benzene rings is 2. The number of rotatable bonds is 5. The Labute approximate surface area is 153 Å². The minimum Gasteiger partial charge on any atom is -0.309 e. The molecule has 6 nitrogen and oxygen atoms in total. The second-order valence-electron chi connectivity index (χ2n) is 5.92. The number of aliphatic imine (C=N–C) groups is 1. The van der Waals surface area contributed by atoms with Crippen molar-refractivity contribution in [2.24, 2.45) is 4.99 Å². The Morgan fingerprint density at radius 1 is 1.00 bits per heavy atom. The van der Waals surface area contributed by atoms with Gasteiger partial charge in [0.05, 0.1) is 16.3 Å². The van der Waals surface area contributed by atoms with E-state index < -0.39 is 10.0 Å². The van der Waals surface area contributed by atoms with Crippen molar-refractivity contribution in [1.82, 2.24) is 4.31 Å². The van der Waals surface area contributed by atoms with Crippen molar-refractivity contribution in [2.75, 3.05) is 25.0 Å². The second-order valence-corrected chi connectivity index (χ2v) is 7.86. The fraction of sp³-hybridized carbons (Fsp3) is 0.263. The van der Waals surface area contributed by atoms with Crippen LogP contribution in [0, 0.1) is 0 Å². The average Bonchev–Trinajstić information content (AvgIpc) is 2.88. The molecule has 0 saturated carbocycles. The number of likely N-dealkylation sites (N-methyl/N-ethyl adjacent to an activating group) is 1. The van der Waals surface area contributed by atoms with Crippen molar-refractivity contribution in [3.8, 4) is 0 Å². The average molecular weight is 371 g/mol. The van der Waals surface area contributed by atoms with Crippen LogP contribution in [0.15, 0.2) is 58.4 Å². The highest BCUT2D eigenvalue weighted by Gasteiger charge is 2.31. The molecule has 0 spiro atoms. The SMILES string of the molecule is CCN(CC)S(=O)(=O)c1ccc(N=C2C(=O)N(C)c3ccccc32)cc1. The molecule has 0 fully saturated rings. The molecule has 0 saturated heterocycles. The number of para-hydroxylation sites is 1. The molecule has 1 aliphatic rings. The highest BCUT2D eigenvalue weighted by molar-refractivity contribution is 7.89. The van der Waals surface area contributed by atoms with Crippen LogP contribution in [0.25, 0.3) is 0 Å². The van der Waals surface area contributed by atoms with Gasteiger partial charge in [-0.3, -0.25) is 4.79 Å². The lowest BCUT2D eigenvalue weighted by Crippen LogP contribution is -2.30. The van der Waals surface area contributed by atoms with Crippen LogP contribution in [-0.4, -0.2) is 44.5 Å². The molecule has 7 heteroatoms. The number of nitrogens with zero attached hydrogens (tertiary/aromatic N) is 3. The van der Waals surface area contributed by atoms with Gasteiger partial charge in [-0.15, -0.1) is 0 Å². The molecule has 3 rings (SSSR count). The third-order valence-electron chi connectivity index (χ3n) is 4.45. The van der Waals surface area contributed by atoms with E-state index in [1.807, 2.05) is 24.3 Å². The van der Waals surface area contributed by atoms with E-state index in [9.17, 15) is 13.2 Å². The van der Waals surface area contributed by atoms with E-state index in [1.54, 1.807) is 37.9 Å². The third kappa shape index (κ3) is 3.04. The smallest absolute Gasteiger partial charge is 0.277 e. The van der Waals surface area contributed by atoms with Gasteiger partial charge < -0.3 is 4.90 Å². The van der Waals surface area contributed by atoms with Crippen LogP contribution in [0.4, 0.5) is 11.4 Å². The zero-order valence-corrected chi connectivity index (χ0v) is 15.8. The van der Waals surface area contributed by atoms with Crippen molar-refractivity contribution in [1.29, 1.82) is 0 Å². The summed E-state index contributed by atoms with van der Waals surface area (Å²) in [5.41, 5.74) is 2.50. The Morgan fingerprint density at radius 2 is 1.62 bits per heavy atom. The normalized spacial score (nSPS) is 15.8. The molecule has 1 heterocycles. The minimum atomic E-state index is -3.50. The van der Waals surface area contributed by atoms with Crippen LogP contribution in [0.5, 0.6) is 0 Å². The Kier molecular flexibility index (Phi) is 4.93. The monoisotopic (exact) mass is 371 g/mol. The molecule has 1 aliphatic heterocycles. The predicted octanol–water partition coefficient (Wildman–Crippen LogP) is 2.81. The standard InChI is InChI=1S/C19H21N3O3S/c1-4-22(5-2)26(24,25)15-12-10-14(11-13-15)20-18-16-8-6-7-9-17(16)21(3)19(18)23/h6-13H,4-5H2,1-3H3. The minimum absolute atomic E-state index is 0.175. The van der Waals surface area contributed by atoms with Gasteiger partial charge in [-0.1, -0.05) is 32.0 Å². The molecular weight excluding hydrogens is 350 g/mol. The lowest BCUT2D eigenvalue weighted by atomic mass is 10.1. The predicted molar refractivity (Wildman–Crippen MR) is 103 cm³/mol. The maximum absolute atomic E-state index is 12.5. The Balaban J connectivity index is 1.96. The van der Waals surface area contributed by atoms with Gasteiger partial charge >= 0.3 is 0 Å². The van der Waals surface area contributed by atoms with Crippen molar-refractivity contribution in [3.63, 3.8) is 0 Å². The molecule has 2 aromatic carbocycles.